The first kappa shape index (κ1) is 37.6. The predicted octanol–water partition coefficient (Wildman–Crippen LogP) is 13.0. The van der Waals surface area contributed by atoms with Crippen LogP contribution in [0.5, 0.6) is 0 Å². The van der Waals surface area contributed by atoms with Crippen LogP contribution in [0.25, 0.3) is 53.5 Å². The first-order valence-electron chi connectivity index (χ1n) is 17.7. The van der Waals surface area contributed by atoms with Gasteiger partial charge in [-0.2, -0.15) is 0 Å². The van der Waals surface area contributed by atoms with E-state index in [1.807, 2.05) is 52.9 Å². The van der Waals surface area contributed by atoms with Gasteiger partial charge in [0.15, 0.2) is 5.78 Å². The van der Waals surface area contributed by atoms with E-state index in [2.05, 4.69) is 105 Å². The average Bonchev–Trinajstić information content (AvgIpc) is 3.63. The fourth-order valence-corrected chi connectivity index (χ4v) is 8.62. The first-order valence-corrected chi connectivity index (χ1v) is 18.6. The number of nitrogens with zero attached hydrogens (tertiary/aromatic N) is 1. The molecule has 0 amide bonds. The van der Waals surface area contributed by atoms with Crippen LogP contribution in [-0.2, 0) is 30.3 Å². The van der Waals surface area contributed by atoms with Crippen molar-refractivity contribution >= 4 is 48.9 Å². The zero-order chi connectivity index (χ0) is 35.1. The predicted molar refractivity (Wildman–Crippen MR) is 210 cm³/mol. The van der Waals surface area contributed by atoms with E-state index in [1.165, 1.54) is 53.9 Å². The van der Waals surface area contributed by atoms with Crippen LogP contribution >= 0.6 is 11.3 Å². The van der Waals surface area contributed by atoms with Gasteiger partial charge >= 0.3 is 0 Å². The van der Waals surface area contributed by atoms with Crippen LogP contribution in [0.4, 0.5) is 0 Å². The second-order valence-electron chi connectivity index (χ2n) is 14.5. The number of aliphatic hydroxyl groups is 1. The largest absolute Gasteiger partial charge is 0.512 e. The maximum absolute atomic E-state index is 12.2. The molecule has 1 N–H and O–H groups in total. The summed E-state index contributed by atoms with van der Waals surface area (Å²) in [5.41, 5.74) is 6.63. The number of fused-ring (bicyclic) bond motifs is 8. The van der Waals surface area contributed by atoms with Crippen molar-refractivity contribution in [3.05, 3.63) is 114 Å². The third-order valence-electron chi connectivity index (χ3n) is 11.6. The third-order valence-corrected chi connectivity index (χ3v) is 12.8. The van der Waals surface area contributed by atoms with E-state index < -0.39 is 0 Å². The van der Waals surface area contributed by atoms with Gasteiger partial charge in [0.25, 0.3) is 0 Å². The number of hydrogen-bond acceptors (Lipinski definition) is 4. The van der Waals surface area contributed by atoms with Gasteiger partial charge in [-0.05, 0) is 75.5 Å². The quantitative estimate of drug-likeness (QED) is 0.0718. The Hall–Kier alpha value is -3.63. The molecular formula is C45H48IrNO2S-. The zero-order valence-corrected chi connectivity index (χ0v) is 33.7. The number of aromatic nitrogens is 1. The van der Waals surface area contributed by atoms with Crippen molar-refractivity contribution in [1.82, 2.24) is 4.98 Å². The third kappa shape index (κ3) is 6.27. The van der Waals surface area contributed by atoms with Gasteiger partial charge in [0.05, 0.1) is 5.52 Å². The summed E-state index contributed by atoms with van der Waals surface area (Å²) < 4.78 is 1.35. The van der Waals surface area contributed by atoms with E-state index in [0.717, 1.165) is 42.5 Å². The molecule has 7 rings (SSSR count). The van der Waals surface area contributed by atoms with Gasteiger partial charge in [0.1, 0.15) is 5.76 Å². The van der Waals surface area contributed by atoms with Crippen LogP contribution in [0.1, 0.15) is 92.2 Å². The maximum Gasteiger partial charge on any atom is 0.164 e. The summed E-state index contributed by atoms with van der Waals surface area (Å²) in [6, 6.07) is 33.8. The number of para-hydroxylation sites is 1. The molecule has 0 aliphatic heterocycles. The van der Waals surface area contributed by atoms with Gasteiger partial charge < -0.3 is 5.11 Å². The number of aliphatic hydroxyl groups excluding tert-OH is 1. The smallest absolute Gasteiger partial charge is 0.164 e. The van der Waals surface area contributed by atoms with Crippen LogP contribution in [0.2, 0.25) is 0 Å². The van der Waals surface area contributed by atoms with Crippen molar-refractivity contribution in [2.45, 2.75) is 86.5 Å². The molecule has 6 aromatic rings. The molecule has 50 heavy (non-hydrogen) atoms. The van der Waals surface area contributed by atoms with Gasteiger partial charge in [-0.25, -0.2) is 0 Å². The topological polar surface area (TPSA) is 50.2 Å². The monoisotopic (exact) mass is 859 g/mol. The molecule has 0 saturated heterocycles. The maximum atomic E-state index is 12.2. The minimum atomic E-state index is -0.337. The number of carbonyl (C=O) groups is 1. The molecule has 0 spiro atoms. The summed E-state index contributed by atoms with van der Waals surface area (Å²) in [4.78, 5) is 18.8. The second kappa shape index (κ2) is 14.5. The molecule has 0 bridgehead atoms. The van der Waals surface area contributed by atoms with Crippen molar-refractivity contribution < 1.29 is 30.0 Å². The van der Waals surface area contributed by atoms with Crippen molar-refractivity contribution in [1.29, 1.82) is 0 Å². The fraction of sp³-hybridized carbons (Fsp3) is 0.333. The van der Waals surface area contributed by atoms with Gasteiger partial charge in [-0.3, -0.25) is 9.78 Å². The molecule has 1 radical (unpaired) electrons. The Morgan fingerprint density at radius 2 is 1.36 bits per heavy atom. The number of ketones is 1. The number of benzene rings is 4. The SMILES string of the molecule is CC1(C)c2cc[c-]c(-c3nc4ccccc4c4ccccc34)c2-c2sc3ccccc3c21.CCC(C)(CC)C(=O)/C=C(\O)C(C)(CC)CC.[Ir]. The van der Waals surface area contributed by atoms with E-state index in [-0.39, 0.29) is 47.9 Å². The summed E-state index contributed by atoms with van der Waals surface area (Å²) in [6.45, 7) is 16.8. The number of carbonyl (C=O) groups excluding carboxylic acids is 1. The van der Waals surface area contributed by atoms with Crippen molar-refractivity contribution in [2.24, 2.45) is 10.8 Å². The molecule has 3 nitrogen and oxygen atoms in total. The Balaban J connectivity index is 0.000000234. The number of rotatable bonds is 8. The average molecular weight is 859 g/mol. The Morgan fingerprint density at radius 3 is 2.00 bits per heavy atom. The van der Waals surface area contributed by atoms with E-state index in [0.29, 0.717) is 0 Å². The van der Waals surface area contributed by atoms with E-state index in [9.17, 15) is 9.90 Å². The van der Waals surface area contributed by atoms with Crippen LogP contribution in [0.3, 0.4) is 0 Å². The minimum Gasteiger partial charge on any atom is -0.512 e. The van der Waals surface area contributed by atoms with E-state index in [1.54, 1.807) is 0 Å². The second-order valence-corrected chi connectivity index (χ2v) is 15.6. The number of thiophene rings is 1. The Morgan fingerprint density at radius 1 is 0.800 bits per heavy atom. The van der Waals surface area contributed by atoms with Crippen LogP contribution in [0, 0.1) is 16.9 Å². The molecule has 1 aliphatic carbocycles. The number of pyridine rings is 1. The van der Waals surface area contributed by atoms with E-state index >= 15 is 0 Å². The molecule has 1 aliphatic rings. The molecule has 0 fully saturated rings. The van der Waals surface area contributed by atoms with Crippen molar-refractivity contribution in [2.75, 3.05) is 0 Å². The summed E-state index contributed by atoms with van der Waals surface area (Å²) in [5.74, 6) is 0.286. The Labute approximate surface area is 315 Å². The van der Waals surface area contributed by atoms with Crippen LogP contribution in [-0.4, -0.2) is 15.9 Å². The Kier molecular flexibility index (Phi) is 10.9. The standard InChI is InChI=1S/C30H20NS.C15H28O2.Ir/c1-30(2)23-15-9-14-22(26(23)29-27(30)21-13-6-8-17-25(21)32-29)28-20-12-4-3-10-18(20)19-11-5-7-16-24(19)31-28;1-7-14(5,8-2)12(16)11-13(17)15(6,9-3)10-4;/h3-13,15-17H,1-2H3;11,16H,7-10H2,1-6H3;/q-1;;/b;12-11-;. The molecule has 5 heteroatoms. The fourth-order valence-electron chi connectivity index (χ4n) is 7.20. The molecule has 0 unspecified atom stereocenters. The minimum absolute atomic E-state index is 0. The summed E-state index contributed by atoms with van der Waals surface area (Å²) in [7, 11) is 0. The Bertz CT molecular complexity index is 2220. The summed E-state index contributed by atoms with van der Waals surface area (Å²) >= 11 is 1.90. The number of allylic oxidation sites excluding steroid dienone is 2. The zero-order valence-electron chi connectivity index (χ0n) is 30.5. The molecule has 0 atom stereocenters. The van der Waals surface area contributed by atoms with Crippen molar-refractivity contribution in [3.8, 4) is 21.7 Å². The molecule has 4 aromatic carbocycles. The molecule has 2 aromatic heterocycles. The molecular weight excluding hydrogens is 811 g/mol. The van der Waals surface area contributed by atoms with Crippen LogP contribution < -0.4 is 0 Å². The van der Waals surface area contributed by atoms with Gasteiger partial charge in [0.2, 0.25) is 0 Å². The molecule has 2 heterocycles. The molecule has 0 saturated carbocycles. The van der Waals surface area contributed by atoms with Gasteiger partial charge in [0, 0.05) is 47.1 Å². The summed E-state index contributed by atoms with van der Waals surface area (Å²) in [6.07, 6.45) is 4.75. The summed E-state index contributed by atoms with van der Waals surface area (Å²) in [5, 5.41) is 15.1. The normalized spacial score (nSPS) is 13.8. The van der Waals surface area contributed by atoms with Gasteiger partial charge in [-0.15, -0.1) is 40.7 Å². The van der Waals surface area contributed by atoms with Gasteiger partial charge in [-0.1, -0.05) is 122 Å². The first-order chi connectivity index (χ1) is 23.4. The van der Waals surface area contributed by atoms with Crippen LogP contribution in [0.15, 0.2) is 96.8 Å². The molecule has 261 valence electrons. The van der Waals surface area contributed by atoms with E-state index in [4.69, 9.17) is 4.98 Å². The number of hydrogen-bond donors (Lipinski definition) is 1. The van der Waals surface area contributed by atoms with Crippen molar-refractivity contribution in [3.63, 3.8) is 0 Å².